The number of hydrogen-bond acceptors (Lipinski definition) is 1. The van der Waals surface area contributed by atoms with Gasteiger partial charge in [-0.05, 0) is 47.3 Å². The first-order valence-electron chi connectivity index (χ1n) is 6.54. The molecule has 0 aliphatic heterocycles. The first kappa shape index (κ1) is 13.5. The Morgan fingerprint density at radius 1 is 0.810 bits per heavy atom. The van der Waals surface area contributed by atoms with E-state index in [0.29, 0.717) is 10.8 Å². The Morgan fingerprint density at radius 2 is 1.52 bits per heavy atom. The fourth-order valence-corrected chi connectivity index (χ4v) is 2.34. The summed E-state index contributed by atoms with van der Waals surface area (Å²) in [6.45, 7) is 0. The van der Waals surface area contributed by atoms with Crippen molar-refractivity contribution in [1.29, 1.82) is 0 Å². The van der Waals surface area contributed by atoms with Gasteiger partial charge in [0.25, 0.3) is 0 Å². The molecule has 0 aromatic heterocycles. The molecule has 0 saturated heterocycles. The summed E-state index contributed by atoms with van der Waals surface area (Å²) < 4.78 is 13.5. The lowest BCUT2D eigenvalue weighted by atomic mass is 10.1. The highest BCUT2D eigenvalue weighted by Crippen LogP contribution is 2.19. The van der Waals surface area contributed by atoms with E-state index in [2.05, 4.69) is 16.7 Å². The van der Waals surface area contributed by atoms with Crippen molar-refractivity contribution in [2.24, 2.45) is 0 Å². The lowest BCUT2D eigenvalue weighted by molar-refractivity contribution is 0.632. The minimum Gasteiger partial charge on any atom is -0.332 e. The fraction of sp³-hybridized carbons (Fsp3) is 0. The molecule has 0 aliphatic carbocycles. The van der Waals surface area contributed by atoms with E-state index in [-0.39, 0.29) is 5.82 Å². The average Bonchev–Trinajstić information content (AvgIpc) is 2.49. The molecule has 2 nitrogen and oxygen atoms in total. The van der Waals surface area contributed by atoms with Crippen molar-refractivity contribution >= 4 is 39.5 Å². The van der Waals surface area contributed by atoms with Crippen LogP contribution in [-0.2, 0) is 0 Å². The van der Waals surface area contributed by atoms with Crippen molar-refractivity contribution in [2.75, 3.05) is 10.6 Å². The highest BCUT2D eigenvalue weighted by atomic mass is 32.1. The van der Waals surface area contributed by atoms with Crippen molar-refractivity contribution < 1.29 is 4.39 Å². The van der Waals surface area contributed by atoms with Gasteiger partial charge >= 0.3 is 0 Å². The van der Waals surface area contributed by atoms with Gasteiger partial charge in [0.1, 0.15) is 5.82 Å². The van der Waals surface area contributed by atoms with Crippen LogP contribution in [0.2, 0.25) is 0 Å². The van der Waals surface area contributed by atoms with Crippen LogP contribution in [-0.4, -0.2) is 5.11 Å². The maximum Gasteiger partial charge on any atom is 0.175 e. The largest absolute Gasteiger partial charge is 0.332 e. The van der Waals surface area contributed by atoms with Crippen LogP contribution in [0.1, 0.15) is 0 Å². The summed E-state index contributed by atoms with van der Waals surface area (Å²) in [4.78, 5) is 0. The fourth-order valence-electron chi connectivity index (χ4n) is 2.11. The summed E-state index contributed by atoms with van der Waals surface area (Å²) in [5.74, 6) is -0.333. The molecule has 21 heavy (non-hydrogen) atoms. The monoisotopic (exact) mass is 296 g/mol. The second kappa shape index (κ2) is 5.89. The van der Waals surface area contributed by atoms with Crippen molar-refractivity contribution in [3.05, 3.63) is 72.5 Å². The third-order valence-electron chi connectivity index (χ3n) is 3.13. The quantitative estimate of drug-likeness (QED) is 0.665. The Labute approximate surface area is 127 Å². The zero-order valence-corrected chi connectivity index (χ0v) is 12.0. The van der Waals surface area contributed by atoms with Gasteiger partial charge in [0.2, 0.25) is 0 Å². The molecule has 0 fully saturated rings. The zero-order chi connectivity index (χ0) is 14.7. The van der Waals surface area contributed by atoms with Crippen LogP contribution in [0.4, 0.5) is 15.8 Å². The first-order valence-corrected chi connectivity index (χ1v) is 6.94. The number of thiocarbonyl (C=S) groups is 1. The van der Waals surface area contributed by atoms with E-state index in [1.165, 1.54) is 6.07 Å². The average molecular weight is 296 g/mol. The van der Waals surface area contributed by atoms with Gasteiger partial charge in [0, 0.05) is 5.69 Å². The predicted molar refractivity (Wildman–Crippen MR) is 90.2 cm³/mol. The van der Waals surface area contributed by atoms with Gasteiger partial charge in [0.15, 0.2) is 5.11 Å². The molecule has 0 heterocycles. The Morgan fingerprint density at radius 3 is 2.33 bits per heavy atom. The highest BCUT2D eigenvalue weighted by molar-refractivity contribution is 7.80. The van der Waals surface area contributed by atoms with Gasteiger partial charge in [-0.25, -0.2) is 4.39 Å². The smallest absolute Gasteiger partial charge is 0.175 e. The number of benzene rings is 3. The van der Waals surface area contributed by atoms with Gasteiger partial charge in [-0.3, -0.25) is 0 Å². The molecule has 0 unspecified atom stereocenters. The summed E-state index contributed by atoms with van der Waals surface area (Å²) in [5.41, 5.74) is 1.22. The second-order valence-corrected chi connectivity index (χ2v) is 5.03. The van der Waals surface area contributed by atoms with Crippen molar-refractivity contribution in [3.63, 3.8) is 0 Å². The number of halogens is 1. The van der Waals surface area contributed by atoms with E-state index in [1.807, 2.05) is 36.4 Å². The molecule has 0 spiro atoms. The Kier molecular flexibility index (Phi) is 3.79. The Balaban J connectivity index is 1.75. The summed E-state index contributed by atoms with van der Waals surface area (Å²) in [6.07, 6.45) is 0. The molecule has 0 radical (unpaired) electrons. The van der Waals surface area contributed by atoms with E-state index >= 15 is 0 Å². The van der Waals surface area contributed by atoms with Gasteiger partial charge in [-0.1, -0.05) is 42.5 Å². The van der Waals surface area contributed by atoms with Crippen LogP contribution >= 0.6 is 12.2 Å². The maximum absolute atomic E-state index is 13.5. The molecule has 0 atom stereocenters. The molecule has 0 amide bonds. The van der Waals surface area contributed by atoms with E-state index < -0.39 is 0 Å². The predicted octanol–water partition coefficient (Wildman–Crippen LogP) is 4.79. The minimum atomic E-state index is -0.333. The van der Waals surface area contributed by atoms with E-state index in [1.54, 1.807) is 18.2 Å². The van der Waals surface area contributed by atoms with E-state index in [4.69, 9.17) is 12.2 Å². The standard InChI is InChI=1S/C17H13FN2S/c18-15-7-3-4-8-16(15)20-17(21)19-14-10-9-12-5-1-2-6-13(12)11-14/h1-11H,(H2,19,20,21). The molecule has 4 heteroatoms. The molecule has 2 N–H and O–H groups in total. The first-order chi connectivity index (χ1) is 10.2. The van der Waals surface area contributed by atoms with Crippen LogP contribution < -0.4 is 10.6 Å². The van der Waals surface area contributed by atoms with Crippen LogP contribution in [0, 0.1) is 5.82 Å². The molecular formula is C17H13FN2S. The number of anilines is 2. The molecule has 3 rings (SSSR count). The molecule has 3 aromatic rings. The summed E-state index contributed by atoms with van der Waals surface area (Å²) in [6, 6.07) is 20.5. The van der Waals surface area contributed by atoms with Crippen molar-refractivity contribution in [2.45, 2.75) is 0 Å². The molecular weight excluding hydrogens is 283 g/mol. The van der Waals surface area contributed by atoms with Crippen LogP contribution in [0.25, 0.3) is 10.8 Å². The number of hydrogen-bond donors (Lipinski definition) is 2. The minimum absolute atomic E-state index is 0.333. The molecule has 3 aromatic carbocycles. The van der Waals surface area contributed by atoms with Gasteiger partial charge in [-0.15, -0.1) is 0 Å². The SMILES string of the molecule is Fc1ccccc1NC(=S)Nc1ccc2ccccc2c1. The van der Waals surface area contributed by atoms with Gasteiger partial charge < -0.3 is 10.6 Å². The summed E-state index contributed by atoms with van der Waals surface area (Å²) in [5, 5.41) is 8.56. The van der Waals surface area contributed by atoms with E-state index in [0.717, 1.165) is 16.5 Å². The van der Waals surface area contributed by atoms with Crippen LogP contribution in [0.5, 0.6) is 0 Å². The lowest BCUT2D eigenvalue weighted by Gasteiger charge is -2.11. The maximum atomic E-state index is 13.5. The second-order valence-electron chi connectivity index (χ2n) is 4.62. The Hall–Kier alpha value is -2.46. The highest BCUT2D eigenvalue weighted by Gasteiger charge is 2.03. The van der Waals surface area contributed by atoms with Crippen molar-refractivity contribution in [3.8, 4) is 0 Å². The van der Waals surface area contributed by atoms with Crippen LogP contribution in [0.3, 0.4) is 0 Å². The number of nitrogens with one attached hydrogen (secondary N) is 2. The molecule has 0 bridgehead atoms. The Bertz CT molecular complexity index is 801. The topological polar surface area (TPSA) is 24.1 Å². The molecule has 104 valence electrons. The van der Waals surface area contributed by atoms with Gasteiger partial charge in [0.05, 0.1) is 5.69 Å². The third kappa shape index (κ3) is 3.17. The molecule has 0 saturated carbocycles. The third-order valence-corrected chi connectivity index (χ3v) is 3.33. The zero-order valence-electron chi connectivity index (χ0n) is 11.1. The number of fused-ring (bicyclic) bond motifs is 1. The lowest BCUT2D eigenvalue weighted by Crippen LogP contribution is -2.19. The van der Waals surface area contributed by atoms with Crippen molar-refractivity contribution in [1.82, 2.24) is 0 Å². The number of rotatable bonds is 2. The molecule has 0 aliphatic rings. The normalized spacial score (nSPS) is 10.3. The van der Waals surface area contributed by atoms with Crippen LogP contribution in [0.15, 0.2) is 66.7 Å². The number of para-hydroxylation sites is 1. The van der Waals surface area contributed by atoms with E-state index in [9.17, 15) is 4.39 Å². The van der Waals surface area contributed by atoms with Gasteiger partial charge in [-0.2, -0.15) is 0 Å². The summed E-state index contributed by atoms with van der Waals surface area (Å²) in [7, 11) is 0. The summed E-state index contributed by atoms with van der Waals surface area (Å²) >= 11 is 5.21.